The van der Waals surface area contributed by atoms with Gasteiger partial charge in [0.15, 0.2) is 0 Å². The predicted octanol–water partition coefficient (Wildman–Crippen LogP) is 1.26. The van der Waals surface area contributed by atoms with Crippen LogP contribution in [0, 0.1) is 0 Å². The fourth-order valence-corrected chi connectivity index (χ4v) is 2.16. The van der Waals surface area contributed by atoms with E-state index in [1.807, 2.05) is 0 Å². The van der Waals surface area contributed by atoms with Gasteiger partial charge in [-0.25, -0.2) is 0 Å². The standard InChI is InChI=1S/C11H23NO2/c1-4-5-11(13)8-12-6-9(2)14-10(3)7-12/h9-11,13H,4-8H2,1-3H3. The highest BCUT2D eigenvalue weighted by atomic mass is 16.5. The fraction of sp³-hybridized carbons (Fsp3) is 1.00. The minimum atomic E-state index is -0.169. The van der Waals surface area contributed by atoms with Gasteiger partial charge in [-0.2, -0.15) is 0 Å². The Morgan fingerprint density at radius 1 is 1.36 bits per heavy atom. The van der Waals surface area contributed by atoms with Crippen LogP contribution in [0.3, 0.4) is 0 Å². The Bertz CT molecular complexity index is 153. The van der Waals surface area contributed by atoms with Crippen LogP contribution in [0.5, 0.6) is 0 Å². The van der Waals surface area contributed by atoms with E-state index in [1.54, 1.807) is 0 Å². The second-order valence-corrected chi connectivity index (χ2v) is 4.42. The number of morpholine rings is 1. The molecule has 1 saturated heterocycles. The van der Waals surface area contributed by atoms with E-state index in [4.69, 9.17) is 4.74 Å². The Morgan fingerprint density at radius 3 is 2.43 bits per heavy atom. The van der Waals surface area contributed by atoms with Crippen LogP contribution in [0.4, 0.5) is 0 Å². The van der Waals surface area contributed by atoms with Gasteiger partial charge >= 0.3 is 0 Å². The molecule has 0 bridgehead atoms. The minimum absolute atomic E-state index is 0.169. The molecule has 0 radical (unpaired) electrons. The molecule has 14 heavy (non-hydrogen) atoms. The zero-order chi connectivity index (χ0) is 10.6. The van der Waals surface area contributed by atoms with Crippen LogP contribution in [0.15, 0.2) is 0 Å². The molecule has 0 amide bonds. The van der Waals surface area contributed by atoms with Gasteiger partial charge in [0.25, 0.3) is 0 Å². The summed E-state index contributed by atoms with van der Waals surface area (Å²) in [5.41, 5.74) is 0. The maximum absolute atomic E-state index is 9.69. The first-order chi connectivity index (χ1) is 6.61. The molecular formula is C11H23NO2. The van der Waals surface area contributed by atoms with Crippen molar-refractivity contribution in [2.75, 3.05) is 19.6 Å². The SMILES string of the molecule is CCCC(O)CN1CC(C)OC(C)C1. The number of aliphatic hydroxyl groups is 1. The van der Waals surface area contributed by atoms with Crippen molar-refractivity contribution < 1.29 is 9.84 Å². The Hall–Kier alpha value is -0.120. The molecule has 0 aromatic carbocycles. The maximum Gasteiger partial charge on any atom is 0.0678 e. The molecule has 1 aliphatic rings. The lowest BCUT2D eigenvalue weighted by Crippen LogP contribution is -2.47. The second kappa shape index (κ2) is 5.69. The van der Waals surface area contributed by atoms with Crippen molar-refractivity contribution >= 4 is 0 Å². The number of hydrogen-bond acceptors (Lipinski definition) is 3. The third-order valence-electron chi connectivity index (χ3n) is 2.59. The predicted molar refractivity (Wildman–Crippen MR) is 57.4 cm³/mol. The van der Waals surface area contributed by atoms with Gasteiger partial charge in [-0.3, -0.25) is 4.90 Å². The largest absolute Gasteiger partial charge is 0.392 e. The highest BCUT2D eigenvalue weighted by Gasteiger charge is 2.23. The summed E-state index contributed by atoms with van der Waals surface area (Å²) in [6.07, 6.45) is 2.38. The summed E-state index contributed by atoms with van der Waals surface area (Å²) in [6.45, 7) is 8.99. The first kappa shape index (κ1) is 12.0. The van der Waals surface area contributed by atoms with Gasteiger partial charge in [-0.1, -0.05) is 13.3 Å². The highest BCUT2D eigenvalue weighted by molar-refractivity contribution is 4.75. The summed E-state index contributed by atoms with van der Waals surface area (Å²) in [5, 5.41) is 9.69. The molecule has 1 fully saturated rings. The molecule has 0 spiro atoms. The van der Waals surface area contributed by atoms with E-state index in [9.17, 15) is 5.11 Å². The molecular weight excluding hydrogens is 178 g/mol. The Kier molecular flexibility index (Phi) is 4.85. The molecule has 84 valence electrons. The number of nitrogens with zero attached hydrogens (tertiary/aromatic N) is 1. The number of ether oxygens (including phenoxy) is 1. The molecule has 1 N–H and O–H groups in total. The summed E-state index contributed by atoms with van der Waals surface area (Å²) in [5.74, 6) is 0. The number of hydrogen-bond donors (Lipinski definition) is 1. The van der Waals surface area contributed by atoms with Crippen molar-refractivity contribution in [3.63, 3.8) is 0 Å². The zero-order valence-corrected chi connectivity index (χ0v) is 9.57. The molecule has 0 aromatic heterocycles. The van der Waals surface area contributed by atoms with Gasteiger partial charge in [0, 0.05) is 19.6 Å². The van der Waals surface area contributed by atoms with Gasteiger partial charge in [0.1, 0.15) is 0 Å². The fourth-order valence-electron chi connectivity index (χ4n) is 2.16. The van der Waals surface area contributed by atoms with Crippen molar-refractivity contribution in [1.29, 1.82) is 0 Å². The number of β-amino-alcohol motifs (C(OH)–C–C–N with tert-alkyl or cyclic N) is 1. The molecule has 3 unspecified atom stereocenters. The van der Waals surface area contributed by atoms with E-state index >= 15 is 0 Å². The molecule has 1 rings (SSSR count). The zero-order valence-electron chi connectivity index (χ0n) is 9.57. The first-order valence-corrected chi connectivity index (χ1v) is 5.67. The molecule has 0 aromatic rings. The molecule has 3 heteroatoms. The summed E-state index contributed by atoms with van der Waals surface area (Å²) >= 11 is 0. The van der Waals surface area contributed by atoms with Crippen LogP contribution in [-0.4, -0.2) is 48.0 Å². The average molecular weight is 201 g/mol. The van der Waals surface area contributed by atoms with E-state index in [1.165, 1.54) is 0 Å². The summed E-state index contributed by atoms with van der Waals surface area (Å²) in [7, 11) is 0. The molecule has 0 saturated carbocycles. The van der Waals surface area contributed by atoms with Gasteiger partial charge in [0.2, 0.25) is 0 Å². The summed E-state index contributed by atoms with van der Waals surface area (Å²) in [6, 6.07) is 0. The quantitative estimate of drug-likeness (QED) is 0.743. The normalized spacial score (nSPS) is 31.7. The van der Waals surface area contributed by atoms with Crippen LogP contribution in [0.1, 0.15) is 33.6 Å². The molecule has 1 heterocycles. The summed E-state index contributed by atoms with van der Waals surface area (Å²) in [4.78, 5) is 2.30. The monoisotopic (exact) mass is 201 g/mol. The van der Waals surface area contributed by atoms with Crippen LogP contribution < -0.4 is 0 Å². The van der Waals surface area contributed by atoms with Crippen molar-refractivity contribution in [3.8, 4) is 0 Å². The van der Waals surface area contributed by atoms with Gasteiger partial charge in [-0.05, 0) is 20.3 Å². The van der Waals surface area contributed by atoms with Gasteiger partial charge in [-0.15, -0.1) is 0 Å². The first-order valence-electron chi connectivity index (χ1n) is 5.67. The van der Waals surface area contributed by atoms with Crippen molar-refractivity contribution in [2.24, 2.45) is 0 Å². The lowest BCUT2D eigenvalue weighted by molar-refractivity contribution is -0.0768. The van der Waals surface area contributed by atoms with Gasteiger partial charge in [0.05, 0.1) is 18.3 Å². The highest BCUT2D eigenvalue weighted by Crippen LogP contribution is 2.11. The lowest BCUT2D eigenvalue weighted by atomic mass is 10.1. The van der Waals surface area contributed by atoms with Crippen molar-refractivity contribution in [2.45, 2.75) is 51.9 Å². The summed E-state index contributed by atoms with van der Waals surface area (Å²) < 4.78 is 5.63. The smallest absolute Gasteiger partial charge is 0.0678 e. The van der Waals surface area contributed by atoms with E-state index in [2.05, 4.69) is 25.7 Å². The van der Waals surface area contributed by atoms with Crippen LogP contribution in [-0.2, 0) is 4.74 Å². The van der Waals surface area contributed by atoms with Crippen LogP contribution >= 0.6 is 0 Å². The Balaban J connectivity index is 2.29. The third-order valence-corrected chi connectivity index (χ3v) is 2.59. The lowest BCUT2D eigenvalue weighted by Gasteiger charge is -2.36. The van der Waals surface area contributed by atoms with E-state index in [-0.39, 0.29) is 6.10 Å². The van der Waals surface area contributed by atoms with Crippen molar-refractivity contribution in [1.82, 2.24) is 4.90 Å². The van der Waals surface area contributed by atoms with E-state index in [0.717, 1.165) is 32.5 Å². The molecule has 3 nitrogen and oxygen atoms in total. The minimum Gasteiger partial charge on any atom is -0.392 e. The van der Waals surface area contributed by atoms with Crippen LogP contribution in [0.2, 0.25) is 0 Å². The second-order valence-electron chi connectivity index (χ2n) is 4.42. The number of aliphatic hydroxyl groups excluding tert-OH is 1. The topological polar surface area (TPSA) is 32.7 Å². The van der Waals surface area contributed by atoms with Crippen molar-refractivity contribution in [3.05, 3.63) is 0 Å². The van der Waals surface area contributed by atoms with E-state index in [0.29, 0.717) is 12.2 Å². The Labute approximate surface area is 87.1 Å². The maximum atomic E-state index is 9.69. The average Bonchev–Trinajstić information content (AvgIpc) is 2.01. The van der Waals surface area contributed by atoms with Gasteiger partial charge < -0.3 is 9.84 Å². The molecule has 1 aliphatic heterocycles. The van der Waals surface area contributed by atoms with Crippen LogP contribution in [0.25, 0.3) is 0 Å². The molecule has 3 atom stereocenters. The van der Waals surface area contributed by atoms with E-state index < -0.39 is 0 Å². The number of rotatable bonds is 4. The Morgan fingerprint density at radius 2 is 1.93 bits per heavy atom. The molecule has 0 aliphatic carbocycles. The third kappa shape index (κ3) is 3.95.